The Morgan fingerprint density at radius 2 is 1.95 bits per heavy atom. The van der Waals surface area contributed by atoms with Gasteiger partial charge in [-0.15, -0.1) is 0 Å². The molecule has 2 aromatic rings. The third-order valence-electron chi connectivity index (χ3n) is 3.98. The predicted molar refractivity (Wildman–Crippen MR) is 77.0 cm³/mol. The minimum atomic E-state index is -0.0244. The van der Waals surface area contributed by atoms with E-state index in [2.05, 4.69) is 32.0 Å². The number of allylic oxidation sites excluding steroid dienone is 2. The summed E-state index contributed by atoms with van der Waals surface area (Å²) in [5.74, 6) is 0.355. The second-order valence-corrected chi connectivity index (χ2v) is 5.81. The molecule has 3 rings (SSSR count). The highest BCUT2D eigenvalue weighted by atomic mass is 16.1. The van der Waals surface area contributed by atoms with Crippen molar-refractivity contribution >= 4 is 16.7 Å². The fraction of sp³-hybridized carbons (Fsp3) is 0.294. The molecule has 96 valence electrons. The Bertz CT molecular complexity index is 670. The number of fused-ring (bicyclic) bond motifs is 1. The van der Waals surface area contributed by atoms with Crippen molar-refractivity contribution in [3.63, 3.8) is 0 Å². The molecule has 1 aliphatic rings. The quantitative estimate of drug-likeness (QED) is 0.770. The van der Waals surface area contributed by atoms with Gasteiger partial charge in [-0.1, -0.05) is 44.2 Å². The third-order valence-corrected chi connectivity index (χ3v) is 3.98. The molecule has 1 heterocycles. The summed E-state index contributed by atoms with van der Waals surface area (Å²) in [5.41, 5.74) is 1.99. The van der Waals surface area contributed by atoms with Crippen molar-refractivity contribution in [3.05, 3.63) is 54.2 Å². The van der Waals surface area contributed by atoms with E-state index in [0.29, 0.717) is 6.42 Å². The number of nitrogens with zero attached hydrogens (tertiary/aromatic N) is 1. The average Bonchev–Trinajstić information content (AvgIpc) is 2.41. The Morgan fingerprint density at radius 1 is 1.16 bits per heavy atom. The molecule has 0 amide bonds. The second-order valence-electron chi connectivity index (χ2n) is 5.81. The van der Waals surface area contributed by atoms with Crippen LogP contribution in [0.1, 0.15) is 31.9 Å². The fourth-order valence-corrected chi connectivity index (χ4v) is 2.72. The van der Waals surface area contributed by atoms with Crippen molar-refractivity contribution in [1.29, 1.82) is 0 Å². The van der Waals surface area contributed by atoms with Gasteiger partial charge in [0.25, 0.3) is 0 Å². The lowest BCUT2D eigenvalue weighted by Crippen LogP contribution is -2.26. The molecule has 0 saturated heterocycles. The highest BCUT2D eigenvalue weighted by Gasteiger charge is 2.34. The Hall–Kier alpha value is -1.96. The normalized spacial score (nSPS) is 21.8. The number of pyridine rings is 1. The van der Waals surface area contributed by atoms with Crippen LogP contribution in [0.2, 0.25) is 0 Å². The number of rotatable bonds is 1. The van der Waals surface area contributed by atoms with Gasteiger partial charge in [-0.2, -0.15) is 0 Å². The van der Waals surface area contributed by atoms with Crippen LogP contribution in [0.3, 0.4) is 0 Å². The van der Waals surface area contributed by atoms with Crippen molar-refractivity contribution in [3.8, 4) is 0 Å². The number of ketones is 1. The smallest absolute Gasteiger partial charge is 0.156 e. The molecule has 1 unspecified atom stereocenters. The molecule has 0 saturated carbocycles. The minimum Gasteiger partial charge on any atom is -0.295 e. The molecule has 2 heteroatoms. The van der Waals surface area contributed by atoms with Crippen LogP contribution in [0, 0.1) is 5.41 Å². The van der Waals surface area contributed by atoms with Gasteiger partial charge < -0.3 is 0 Å². The average molecular weight is 251 g/mol. The van der Waals surface area contributed by atoms with Gasteiger partial charge in [0.2, 0.25) is 0 Å². The van der Waals surface area contributed by atoms with E-state index in [1.165, 1.54) is 0 Å². The van der Waals surface area contributed by atoms with E-state index < -0.39 is 0 Å². The first-order chi connectivity index (χ1) is 9.06. The van der Waals surface area contributed by atoms with Gasteiger partial charge in [-0.3, -0.25) is 9.78 Å². The highest BCUT2D eigenvalue weighted by molar-refractivity contribution is 5.91. The summed E-state index contributed by atoms with van der Waals surface area (Å²) in [5, 5.41) is 1.14. The monoisotopic (exact) mass is 251 g/mol. The van der Waals surface area contributed by atoms with Gasteiger partial charge in [0.05, 0.1) is 5.52 Å². The SMILES string of the molecule is CC1(C)C=CC(=O)CC1c1ccc2ccccc2n1. The summed E-state index contributed by atoms with van der Waals surface area (Å²) in [6.45, 7) is 4.33. The molecule has 0 radical (unpaired) electrons. The van der Waals surface area contributed by atoms with Crippen molar-refractivity contribution in [2.45, 2.75) is 26.2 Å². The molecule has 19 heavy (non-hydrogen) atoms. The standard InChI is InChI=1S/C17H17NO/c1-17(2)10-9-13(19)11-14(17)16-8-7-12-5-3-4-6-15(12)18-16/h3-10,14H,11H2,1-2H3. The molecule has 1 aromatic heterocycles. The molecular weight excluding hydrogens is 234 g/mol. The van der Waals surface area contributed by atoms with Crippen molar-refractivity contribution in [2.24, 2.45) is 5.41 Å². The highest BCUT2D eigenvalue weighted by Crippen LogP contribution is 2.41. The Kier molecular flexibility index (Phi) is 2.74. The zero-order chi connectivity index (χ0) is 13.5. The number of hydrogen-bond donors (Lipinski definition) is 0. The third kappa shape index (κ3) is 2.19. The zero-order valence-electron chi connectivity index (χ0n) is 11.3. The molecule has 2 nitrogen and oxygen atoms in total. The van der Waals surface area contributed by atoms with Gasteiger partial charge in [0.15, 0.2) is 5.78 Å². The summed E-state index contributed by atoms with van der Waals surface area (Å²) >= 11 is 0. The summed E-state index contributed by atoms with van der Waals surface area (Å²) in [7, 11) is 0. The van der Waals surface area contributed by atoms with Gasteiger partial charge >= 0.3 is 0 Å². The van der Waals surface area contributed by atoms with Gasteiger partial charge in [0, 0.05) is 23.4 Å². The number of aromatic nitrogens is 1. The Labute approximate surface area is 113 Å². The van der Waals surface area contributed by atoms with E-state index in [1.54, 1.807) is 6.08 Å². The first-order valence-corrected chi connectivity index (χ1v) is 6.64. The molecule has 0 bridgehead atoms. The maximum absolute atomic E-state index is 11.7. The zero-order valence-corrected chi connectivity index (χ0v) is 11.3. The van der Waals surface area contributed by atoms with Crippen LogP contribution in [-0.2, 0) is 4.79 Å². The van der Waals surface area contributed by atoms with Crippen molar-refractivity contribution in [2.75, 3.05) is 0 Å². The molecular formula is C17H17NO. The number of benzene rings is 1. The maximum Gasteiger partial charge on any atom is 0.156 e. The summed E-state index contributed by atoms with van der Waals surface area (Å²) in [4.78, 5) is 16.4. The molecule has 1 aromatic carbocycles. The molecule has 0 spiro atoms. The fourth-order valence-electron chi connectivity index (χ4n) is 2.72. The maximum atomic E-state index is 11.7. The number of carbonyl (C=O) groups is 1. The van der Waals surface area contributed by atoms with Crippen LogP contribution in [-0.4, -0.2) is 10.8 Å². The summed E-state index contributed by atoms with van der Waals surface area (Å²) in [6.07, 6.45) is 4.27. The first-order valence-electron chi connectivity index (χ1n) is 6.64. The number of para-hydroxylation sites is 1. The summed E-state index contributed by atoms with van der Waals surface area (Å²) in [6, 6.07) is 12.2. The lowest BCUT2D eigenvalue weighted by atomic mass is 9.71. The Balaban J connectivity index is 2.08. The van der Waals surface area contributed by atoms with Crippen molar-refractivity contribution in [1.82, 2.24) is 4.98 Å². The summed E-state index contributed by atoms with van der Waals surface area (Å²) < 4.78 is 0. The van der Waals surface area contributed by atoms with E-state index in [1.807, 2.05) is 24.3 Å². The molecule has 0 aliphatic heterocycles. The van der Waals surface area contributed by atoms with E-state index in [4.69, 9.17) is 4.98 Å². The van der Waals surface area contributed by atoms with Crippen LogP contribution in [0.5, 0.6) is 0 Å². The Morgan fingerprint density at radius 3 is 2.79 bits per heavy atom. The largest absolute Gasteiger partial charge is 0.295 e. The molecule has 0 N–H and O–H groups in total. The lowest BCUT2D eigenvalue weighted by molar-refractivity contribution is -0.116. The second kappa shape index (κ2) is 4.30. The molecule has 1 atom stereocenters. The lowest BCUT2D eigenvalue weighted by Gasteiger charge is -2.33. The van der Waals surface area contributed by atoms with Gasteiger partial charge in [-0.05, 0) is 23.6 Å². The van der Waals surface area contributed by atoms with Crippen molar-refractivity contribution < 1.29 is 4.79 Å². The van der Waals surface area contributed by atoms with Crippen LogP contribution in [0.15, 0.2) is 48.6 Å². The molecule has 0 fully saturated rings. The van der Waals surface area contributed by atoms with Crippen LogP contribution >= 0.6 is 0 Å². The number of hydrogen-bond acceptors (Lipinski definition) is 2. The molecule has 1 aliphatic carbocycles. The van der Waals surface area contributed by atoms with Gasteiger partial charge in [0.1, 0.15) is 0 Å². The van der Waals surface area contributed by atoms with E-state index >= 15 is 0 Å². The van der Waals surface area contributed by atoms with Crippen LogP contribution < -0.4 is 0 Å². The van der Waals surface area contributed by atoms with E-state index in [9.17, 15) is 4.79 Å². The van der Waals surface area contributed by atoms with Crippen LogP contribution in [0.25, 0.3) is 10.9 Å². The first kappa shape index (κ1) is 12.1. The topological polar surface area (TPSA) is 30.0 Å². The van der Waals surface area contributed by atoms with E-state index in [-0.39, 0.29) is 17.1 Å². The minimum absolute atomic E-state index is 0.0244. The van der Waals surface area contributed by atoms with Crippen LogP contribution in [0.4, 0.5) is 0 Å². The van der Waals surface area contributed by atoms with Gasteiger partial charge in [-0.25, -0.2) is 0 Å². The van der Waals surface area contributed by atoms with E-state index in [0.717, 1.165) is 16.6 Å². The predicted octanol–water partition coefficient (Wildman–Crippen LogP) is 3.87. The number of carbonyl (C=O) groups excluding carboxylic acids is 1.